The monoisotopic (exact) mass is 677 g/mol. The average Bonchev–Trinajstić information content (AvgIpc) is 3.14. The van der Waals surface area contributed by atoms with Crippen molar-refractivity contribution >= 4 is 23.2 Å². The molecule has 1 aliphatic rings. The Bertz CT molecular complexity index is 1040. The summed E-state index contributed by atoms with van der Waals surface area (Å²) in [4.78, 5) is 15.7. The Hall–Kier alpha value is -4.15. The summed E-state index contributed by atoms with van der Waals surface area (Å²) in [5, 5.41) is 17.9. The number of phenols is 1. The molecule has 0 saturated carbocycles. The number of rotatable bonds is 3. The molecule has 1 aromatic heterocycles. The van der Waals surface area contributed by atoms with Crippen LogP contribution in [0.25, 0.3) is 22.0 Å². The summed E-state index contributed by atoms with van der Waals surface area (Å²) < 4.78 is 13.5. The second-order valence-electron chi connectivity index (χ2n) is 8.03. The first-order chi connectivity index (χ1) is 14.3. The second-order valence-corrected chi connectivity index (χ2v) is 8.03. The molecule has 3 aromatic rings. The number of aromatic nitrogens is 1. The summed E-state index contributed by atoms with van der Waals surface area (Å²) in [7, 11) is 0. The van der Waals surface area contributed by atoms with Crippen LogP contribution in [0.1, 0.15) is 38.7 Å². The quantitative estimate of drug-likeness (QED) is 0.268. The van der Waals surface area contributed by atoms with Gasteiger partial charge in [-0.1, -0.05) is 32.9 Å². The van der Waals surface area contributed by atoms with E-state index in [1.807, 2.05) is 18.2 Å². The van der Waals surface area contributed by atoms with Crippen LogP contribution in [0.2, 0.25) is 0 Å². The van der Waals surface area contributed by atoms with Gasteiger partial charge in [0.25, 0.3) is 6.47 Å². The van der Waals surface area contributed by atoms with Gasteiger partial charge in [0.1, 0.15) is 17.4 Å². The first kappa shape index (κ1) is 25.9. The second kappa shape index (κ2) is 10.8. The molecule has 5 nitrogen and oxygen atoms in total. The van der Waals surface area contributed by atoms with Crippen LogP contribution in [-0.2, 0) is 4.79 Å². The SMILES string of the molecule is CC(C)c1c(N2CC[C@@H](C)C2)nc2cc(O)ccc2c1-c1ccc(F)cc1.O=CO.[CH3-].[Es]. The van der Waals surface area contributed by atoms with E-state index in [0.29, 0.717) is 5.92 Å². The number of hydrogen-bond acceptors (Lipinski definition) is 4. The Labute approximate surface area is 183 Å². The summed E-state index contributed by atoms with van der Waals surface area (Å²) in [6.45, 7) is 8.35. The van der Waals surface area contributed by atoms with Crippen molar-refractivity contribution in [2.24, 2.45) is 5.92 Å². The number of fused-ring (bicyclic) bond motifs is 1. The van der Waals surface area contributed by atoms with E-state index in [1.165, 1.54) is 17.7 Å². The predicted molar refractivity (Wildman–Crippen MR) is 124 cm³/mol. The van der Waals surface area contributed by atoms with Gasteiger partial charge in [-0.2, -0.15) is 0 Å². The van der Waals surface area contributed by atoms with Gasteiger partial charge in [0.05, 0.1) is 5.52 Å². The normalized spacial score (nSPS) is 14.9. The van der Waals surface area contributed by atoms with Gasteiger partial charge in [-0.05, 0) is 53.6 Å². The summed E-state index contributed by atoms with van der Waals surface area (Å²) >= 11 is 0. The number of carbonyl (C=O) groups is 1. The van der Waals surface area contributed by atoms with Crippen LogP contribution in [0.4, 0.5) is 10.2 Å². The van der Waals surface area contributed by atoms with E-state index < -0.39 is 0 Å². The standard InChI is InChI=1S/C23H25FN2O.CH2O2.CH3.Es/c1-14(2)21-22(16-4-6-17(24)7-5-16)19-9-8-18(27)12-20(19)25-23(21)26-11-10-15(3)13-26;2-1-3;;/h4-9,12,14-15,27H,10-11,13H2,1-3H3;1H,(H,2,3);1H3;/q;;-1;/t15-;;;/m1.../s1. The Kier molecular flexibility index (Phi) is 8.70. The molecule has 2 N–H and O–H groups in total. The molecular formula is C25H30EsFN2O3-. The molecule has 1 saturated heterocycles. The van der Waals surface area contributed by atoms with Gasteiger partial charge < -0.3 is 22.5 Å². The molecule has 4 rings (SSSR count). The number of phenolic OH excluding ortho intramolecular Hbond substituents is 1. The summed E-state index contributed by atoms with van der Waals surface area (Å²) in [6.07, 6.45) is 1.16. The van der Waals surface area contributed by atoms with E-state index in [9.17, 15) is 9.50 Å². The number of aromatic hydroxyl groups is 1. The minimum absolute atomic E-state index is 0. The molecular weight excluding hydrogens is 647 g/mol. The third-order valence-corrected chi connectivity index (χ3v) is 5.42. The van der Waals surface area contributed by atoms with Gasteiger partial charge in [-0.15, -0.1) is 0 Å². The first-order valence-electron chi connectivity index (χ1n) is 10.1. The van der Waals surface area contributed by atoms with Gasteiger partial charge >= 0.3 is 0 Å². The first-order valence-corrected chi connectivity index (χ1v) is 10.1. The van der Waals surface area contributed by atoms with Crippen LogP contribution in [0, 0.1) is 19.2 Å². The largest absolute Gasteiger partial charge is 0.508 e. The molecule has 177 valence electrons. The molecule has 1 fully saturated rings. The fraction of sp³-hybridized carbons (Fsp3) is 0.320. The molecule has 1 aliphatic heterocycles. The number of halogens is 1. The van der Waals surface area contributed by atoms with E-state index in [-0.39, 0.29) is 31.4 Å². The van der Waals surface area contributed by atoms with E-state index in [2.05, 4.69) is 25.7 Å². The van der Waals surface area contributed by atoms with Crippen molar-refractivity contribution < 1.29 is 19.4 Å². The van der Waals surface area contributed by atoms with Gasteiger partial charge in [0.15, 0.2) is 0 Å². The smallest absolute Gasteiger partial charge is 0.290 e. The zero-order chi connectivity index (χ0) is 21.8. The number of pyridine rings is 1. The van der Waals surface area contributed by atoms with Crippen LogP contribution < -0.4 is 4.90 Å². The maximum absolute atomic E-state index is 13.5. The molecule has 0 aliphatic carbocycles. The molecule has 2 aromatic carbocycles. The molecule has 0 unspecified atom stereocenters. The number of hydrogen-bond donors (Lipinski definition) is 2. The molecule has 32 heavy (non-hydrogen) atoms. The molecule has 1 radical (unpaired) electrons. The van der Waals surface area contributed by atoms with Crippen molar-refractivity contribution in [2.75, 3.05) is 18.0 Å². The van der Waals surface area contributed by atoms with Crippen molar-refractivity contribution in [1.29, 1.82) is 0 Å². The van der Waals surface area contributed by atoms with Crippen LogP contribution in [0.15, 0.2) is 42.5 Å². The summed E-state index contributed by atoms with van der Waals surface area (Å²) in [6, 6.07) is 12.0. The number of nitrogens with zero attached hydrogens (tertiary/aromatic N) is 2. The molecule has 2 heterocycles. The fourth-order valence-electron chi connectivity index (χ4n) is 4.10. The topological polar surface area (TPSA) is 73.7 Å². The Morgan fingerprint density at radius 3 is 2.34 bits per heavy atom. The average molecular weight is 678 g/mol. The van der Waals surface area contributed by atoms with Crippen molar-refractivity contribution in [3.05, 3.63) is 61.3 Å². The van der Waals surface area contributed by atoms with Crippen molar-refractivity contribution in [2.45, 2.75) is 33.1 Å². The van der Waals surface area contributed by atoms with Gasteiger partial charge in [0, 0.05) is 30.1 Å². The third kappa shape index (κ3) is 5.12. The molecule has 0 amide bonds. The van der Waals surface area contributed by atoms with E-state index in [0.717, 1.165) is 47.4 Å². The maximum Gasteiger partial charge on any atom is 0.290 e. The van der Waals surface area contributed by atoms with Crippen molar-refractivity contribution in [3.63, 3.8) is 0 Å². The molecule has 0 bridgehead atoms. The Morgan fingerprint density at radius 1 is 1.19 bits per heavy atom. The summed E-state index contributed by atoms with van der Waals surface area (Å²) in [5.74, 6) is 1.86. The van der Waals surface area contributed by atoms with Crippen LogP contribution >= 0.6 is 0 Å². The Balaban J connectivity index is 0.000000971. The van der Waals surface area contributed by atoms with E-state index >= 15 is 0 Å². The fourth-order valence-corrected chi connectivity index (χ4v) is 4.10. The van der Waals surface area contributed by atoms with Crippen LogP contribution in [0.5, 0.6) is 5.75 Å². The summed E-state index contributed by atoms with van der Waals surface area (Å²) in [5.41, 5.74) is 4.03. The molecule has 1 atom stereocenters. The van der Waals surface area contributed by atoms with Crippen molar-refractivity contribution in [3.8, 4) is 16.9 Å². The van der Waals surface area contributed by atoms with Crippen LogP contribution in [0.3, 0.4) is 0 Å². The van der Waals surface area contributed by atoms with Gasteiger partial charge in [-0.25, -0.2) is 9.37 Å². The zero-order valence-corrected chi connectivity index (χ0v) is 21.3. The zero-order valence-electron chi connectivity index (χ0n) is 18.8. The van der Waals surface area contributed by atoms with Crippen molar-refractivity contribution in [1.82, 2.24) is 4.98 Å². The predicted octanol–water partition coefficient (Wildman–Crippen LogP) is 5.87. The molecule has 0 spiro atoms. The number of carboxylic acid groups (broad SMARTS) is 1. The minimum Gasteiger partial charge on any atom is -0.508 e. The van der Waals surface area contributed by atoms with Gasteiger partial charge in [-0.3, -0.25) is 4.79 Å². The third-order valence-electron chi connectivity index (χ3n) is 5.42. The minimum atomic E-state index is -0.250. The molecule has 7 heteroatoms. The Morgan fingerprint density at radius 2 is 1.81 bits per heavy atom. The van der Waals surface area contributed by atoms with Gasteiger partial charge in [0.2, 0.25) is 0 Å². The van der Waals surface area contributed by atoms with E-state index in [1.54, 1.807) is 12.1 Å². The number of anilines is 1. The van der Waals surface area contributed by atoms with E-state index in [4.69, 9.17) is 14.9 Å². The number of benzene rings is 2. The van der Waals surface area contributed by atoms with Crippen LogP contribution in [-0.4, -0.2) is 34.8 Å². The maximum atomic E-state index is 13.5.